The maximum absolute atomic E-state index is 9.31. The van der Waals surface area contributed by atoms with Gasteiger partial charge in [-0.05, 0) is 12.3 Å². The third-order valence-corrected chi connectivity index (χ3v) is 1.47. The Balaban J connectivity index is 3.64. The lowest BCUT2D eigenvalue weighted by Crippen LogP contribution is -2.10. The van der Waals surface area contributed by atoms with Gasteiger partial charge in [-0.1, -0.05) is 45.1 Å². The summed E-state index contributed by atoms with van der Waals surface area (Å²) in [6.07, 6.45) is 8.47. The molecule has 1 N–H and O–H groups in total. The maximum atomic E-state index is 9.31. The fourth-order valence-electron chi connectivity index (χ4n) is 0.615. The summed E-state index contributed by atoms with van der Waals surface area (Å²) in [5.74, 6) is 0.307. The van der Waals surface area contributed by atoms with Crippen LogP contribution in [-0.4, -0.2) is 11.2 Å². The average Bonchev–Trinajstić information content (AvgIpc) is 1.97. The molecule has 64 valence electrons. The first-order chi connectivity index (χ1) is 5.18. The van der Waals surface area contributed by atoms with Crippen molar-refractivity contribution in [3.63, 3.8) is 0 Å². The molecule has 11 heavy (non-hydrogen) atoms. The van der Waals surface area contributed by atoms with Crippen LogP contribution < -0.4 is 0 Å². The Bertz CT molecular complexity index is 134. The molecule has 1 unspecified atom stereocenters. The van der Waals surface area contributed by atoms with Gasteiger partial charge in [-0.15, -0.1) is 0 Å². The summed E-state index contributed by atoms with van der Waals surface area (Å²) >= 11 is 0. The third kappa shape index (κ3) is 5.86. The van der Waals surface area contributed by atoms with Crippen molar-refractivity contribution < 1.29 is 5.11 Å². The molecule has 1 atom stereocenters. The molecule has 0 aromatic rings. The molecule has 0 saturated carbocycles. The van der Waals surface area contributed by atoms with E-state index in [2.05, 4.69) is 13.0 Å². The summed E-state index contributed by atoms with van der Waals surface area (Å²) in [5.41, 5.74) is 0. The summed E-state index contributed by atoms with van der Waals surface area (Å²) in [6.45, 7) is 6.08. The van der Waals surface area contributed by atoms with Crippen molar-refractivity contribution in [1.29, 1.82) is 0 Å². The van der Waals surface area contributed by atoms with E-state index in [4.69, 9.17) is 0 Å². The number of aliphatic hydroxyl groups excluding tert-OH is 1. The highest BCUT2D eigenvalue weighted by molar-refractivity contribution is 5.04. The molecule has 0 aliphatic heterocycles. The fraction of sp³-hybridized carbons (Fsp3) is 0.600. The lowest BCUT2D eigenvalue weighted by molar-refractivity contribution is 0.172. The zero-order valence-electron chi connectivity index (χ0n) is 7.62. The Morgan fingerprint density at radius 3 is 2.36 bits per heavy atom. The van der Waals surface area contributed by atoms with Crippen molar-refractivity contribution in [2.24, 2.45) is 5.92 Å². The molecule has 0 spiro atoms. The van der Waals surface area contributed by atoms with E-state index in [1.165, 1.54) is 0 Å². The van der Waals surface area contributed by atoms with Gasteiger partial charge in [0.1, 0.15) is 0 Å². The molecular weight excluding hydrogens is 136 g/mol. The monoisotopic (exact) mass is 154 g/mol. The van der Waals surface area contributed by atoms with Crippen molar-refractivity contribution in [3.05, 3.63) is 24.3 Å². The van der Waals surface area contributed by atoms with Crippen LogP contribution in [0.2, 0.25) is 0 Å². The summed E-state index contributed by atoms with van der Waals surface area (Å²) in [4.78, 5) is 0. The lowest BCUT2D eigenvalue weighted by atomic mass is 10.1. The van der Waals surface area contributed by atoms with Gasteiger partial charge in [-0.2, -0.15) is 0 Å². The largest absolute Gasteiger partial charge is 0.389 e. The van der Waals surface area contributed by atoms with E-state index in [1.54, 1.807) is 0 Å². The van der Waals surface area contributed by atoms with Crippen LogP contribution in [0.15, 0.2) is 24.3 Å². The van der Waals surface area contributed by atoms with Crippen LogP contribution in [0, 0.1) is 5.92 Å². The van der Waals surface area contributed by atoms with Crippen LogP contribution in [0.5, 0.6) is 0 Å². The van der Waals surface area contributed by atoms with Crippen molar-refractivity contribution in [2.45, 2.75) is 33.3 Å². The van der Waals surface area contributed by atoms with Crippen LogP contribution in [0.1, 0.15) is 27.2 Å². The Kier molecular flexibility index (Phi) is 5.86. The van der Waals surface area contributed by atoms with E-state index in [9.17, 15) is 5.11 Å². The molecule has 0 aliphatic carbocycles. The van der Waals surface area contributed by atoms with Gasteiger partial charge in [-0.25, -0.2) is 0 Å². The molecule has 0 bridgehead atoms. The van der Waals surface area contributed by atoms with E-state index in [0.29, 0.717) is 5.92 Å². The summed E-state index contributed by atoms with van der Waals surface area (Å²) in [7, 11) is 0. The first-order valence-corrected chi connectivity index (χ1v) is 4.19. The fourth-order valence-corrected chi connectivity index (χ4v) is 0.615. The van der Waals surface area contributed by atoms with Gasteiger partial charge in [0.25, 0.3) is 0 Å². The van der Waals surface area contributed by atoms with Crippen LogP contribution >= 0.6 is 0 Å². The molecule has 0 aromatic heterocycles. The Morgan fingerprint density at radius 1 is 1.27 bits per heavy atom. The van der Waals surface area contributed by atoms with Gasteiger partial charge in [0.2, 0.25) is 0 Å². The van der Waals surface area contributed by atoms with Gasteiger partial charge in [0.15, 0.2) is 0 Å². The van der Waals surface area contributed by atoms with Crippen molar-refractivity contribution >= 4 is 0 Å². The Morgan fingerprint density at radius 2 is 1.91 bits per heavy atom. The topological polar surface area (TPSA) is 20.2 Å². The van der Waals surface area contributed by atoms with Crippen LogP contribution in [0.3, 0.4) is 0 Å². The molecule has 0 fully saturated rings. The second-order valence-electron chi connectivity index (χ2n) is 2.96. The minimum atomic E-state index is -0.309. The highest BCUT2D eigenvalue weighted by Crippen LogP contribution is 2.01. The van der Waals surface area contributed by atoms with E-state index in [-0.39, 0.29) is 6.10 Å². The number of aliphatic hydroxyl groups is 1. The minimum absolute atomic E-state index is 0.307. The molecular formula is C10H18O. The molecule has 0 aromatic carbocycles. The summed E-state index contributed by atoms with van der Waals surface area (Å²) < 4.78 is 0. The quantitative estimate of drug-likeness (QED) is 0.617. The van der Waals surface area contributed by atoms with Gasteiger partial charge in [0, 0.05) is 0 Å². The average molecular weight is 154 g/mol. The second kappa shape index (κ2) is 6.17. The van der Waals surface area contributed by atoms with Crippen LogP contribution in [0.25, 0.3) is 0 Å². The van der Waals surface area contributed by atoms with Crippen LogP contribution in [0.4, 0.5) is 0 Å². The Labute approximate surface area is 69.4 Å². The van der Waals surface area contributed by atoms with Gasteiger partial charge in [0.05, 0.1) is 6.10 Å². The third-order valence-electron chi connectivity index (χ3n) is 1.47. The standard InChI is InChI=1S/C10H18O/c1-4-5-6-7-8-10(11)9(2)3/h5-11H,4H2,1-3H3/b6-5+,8-7+. The lowest BCUT2D eigenvalue weighted by Gasteiger charge is -2.07. The highest BCUT2D eigenvalue weighted by atomic mass is 16.3. The molecule has 0 saturated heterocycles. The van der Waals surface area contributed by atoms with E-state index in [0.717, 1.165) is 6.42 Å². The van der Waals surface area contributed by atoms with E-state index >= 15 is 0 Å². The predicted octanol–water partition coefficient (Wildman–Crippen LogP) is 2.53. The first-order valence-electron chi connectivity index (χ1n) is 4.19. The number of hydrogen-bond donors (Lipinski definition) is 1. The highest BCUT2D eigenvalue weighted by Gasteiger charge is 2.01. The van der Waals surface area contributed by atoms with Crippen molar-refractivity contribution in [2.75, 3.05) is 0 Å². The molecule has 1 heteroatoms. The van der Waals surface area contributed by atoms with Crippen molar-refractivity contribution in [3.8, 4) is 0 Å². The molecule has 0 aliphatic rings. The Hall–Kier alpha value is -0.560. The zero-order chi connectivity index (χ0) is 8.69. The molecule has 1 nitrogen and oxygen atoms in total. The maximum Gasteiger partial charge on any atom is 0.0746 e. The number of hydrogen-bond acceptors (Lipinski definition) is 1. The SMILES string of the molecule is CC/C=C/C=C/C(O)C(C)C. The van der Waals surface area contributed by atoms with Gasteiger partial charge in [-0.3, -0.25) is 0 Å². The van der Waals surface area contributed by atoms with E-state index < -0.39 is 0 Å². The second-order valence-corrected chi connectivity index (χ2v) is 2.96. The molecule has 0 rings (SSSR count). The summed E-state index contributed by atoms with van der Waals surface area (Å²) in [6, 6.07) is 0. The molecule has 0 radical (unpaired) electrons. The zero-order valence-corrected chi connectivity index (χ0v) is 7.62. The normalized spacial score (nSPS) is 15.4. The smallest absolute Gasteiger partial charge is 0.0746 e. The van der Waals surface area contributed by atoms with Gasteiger partial charge < -0.3 is 5.11 Å². The molecule has 0 heterocycles. The summed E-state index contributed by atoms with van der Waals surface area (Å²) in [5, 5.41) is 9.31. The number of rotatable bonds is 4. The predicted molar refractivity (Wildman–Crippen MR) is 49.4 cm³/mol. The van der Waals surface area contributed by atoms with E-state index in [1.807, 2.05) is 32.1 Å². The first kappa shape index (κ1) is 10.4. The molecule has 0 amide bonds. The van der Waals surface area contributed by atoms with Crippen LogP contribution in [-0.2, 0) is 0 Å². The number of allylic oxidation sites excluding steroid dienone is 3. The van der Waals surface area contributed by atoms with Crippen molar-refractivity contribution in [1.82, 2.24) is 0 Å². The minimum Gasteiger partial charge on any atom is -0.389 e. The van der Waals surface area contributed by atoms with Gasteiger partial charge >= 0.3 is 0 Å².